The van der Waals surface area contributed by atoms with Gasteiger partial charge in [-0.25, -0.2) is 0 Å². The zero-order valence-electron chi connectivity index (χ0n) is 18.9. The fourth-order valence-corrected chi connectivity index (χ4v) is 7.94. The molecule has 144 valence electrons. The molecule has 0 unspecified atom stereocenters. The molecule has 0 saturated carbocycles. The van der Waals surface area contributed by atoms with Gasteiger partial charge in [-0.2, -0.15) is 0 Å². The molecule has 0 amide bonds. The Morgan fingerprint density at radius 3 is 1.29 bits per heavy atom. The van der Waals surface area contributed by atoms with Crippen molar-refractivity contribution in [2.24, 2.45) is 0 Å². The third-order valence-corrected chi connectivity index (χ3v) is 11.7. The first-order valence-electron chi connectivity index (χ1n) is 10.4. The molecule has 0 atom stereocenters. The third-order valence-electron chi connectivity index (χ3n) is 4.99. The van der Waals surface area contributed by atoms with Gasteiger partial charge in [0.25, 0.3) is 0 Å². The molecule has 0 bridgehead atoms. The number of hydrogen-bond donors (Lipinski definition) is 0. The van der Waals surface area contributed by atoms with Crippen molar-refractivity contribution in [2.75, 3.05) is 6.54 Å². The smallest absolute Gasteiger partial charge is 0.215 e. The Balaban J connectivity index is 4.42. The van der Waals surface area contributed by atoms with Crippen molar-refractivity contribution in [3.8, 4) is 0 Å². The first kappa shape index (κ1) is 24.9. The molecule has 0 aromatic rings. The Bertz CT molecular complexity index is 311. The first-order chi connectivity index (χ1) is 10.7. The van der Waals surface area contributed by atoms with E-state index in [2.05, 4.69) is 63.4 Å². The van der Waals surface area contributed by atoms with Gasteiger partial charge in [0.15, 0.2) is 0 Å². The van der Waals surface area contributed by atoms with Gasteiger partial charge in [0.2, 0.25) is 6.85 Å². The second-order valence-electron chi connectivity index (χ2n) is 11.7. The summed E-state index contributed by atoms with van der Waals surface area (Å²) in [5, 5.41) is 0. The Morgan fingerprint density at radius 2 is 0.958 bits per heavy atom. The van der Waals surface area contributed by atoms with E-state index in [0.29, 0.717) is 0 Å². The maximum Gasteiger partial charge on any atom is 0.215 e. The van der Waals surface area contributed by atoms with Crippen LogP contribution in [-0.4, -0.2) is 52.5 Å². The molecule has 6 heteroatoms. The minimum absolute atomic E-state index is 0.859. The highest BCUT2D eigenvalue weighted by Gasteiger charge is 2.23. The molecule has 0 aromatic carbocycles. The lowest BCUT2D eigenvalue weighted by Gasteiger charge is -2.29. The van der Waals surface area contributed by atoms with Gasteiger partial charge in [0.1, 0.15) is 0 Å². The molecule has 0 N–H and O–H groups in total. The predicted octanol–water partition coefficient (Wildman–Crippen LogP) is 5.75. The number of nitrogens with zero attached hydrogens (tertiary/aromatic N) is 1. The van der Waals surface area contributed by atoms with Crippen LogP contribution in [-0.2, 0) is 0 Å². The zero-order valence-corrected chi connectivity index (χ0v) is 23.9. The van der Waals surface area contributed by atoms with Crippen LogP contribution in [0, 0.1) is 0 Å². The summed E-state index contributed by atoms with van der Waals surface area (Å²) in [4.78, 5) is 0. The molecular weight excluding hydrogens is 353 g/mol. The highest BCUT2D eigenvalue weighted by atomic mass is 28.3. The molecular formula is C18H48BNSi4. The van der Waals surface area contributed by atoms with Crippen LogP contribution >= 0.6 is 0 Å². The van der Waals surface area contributed by atoms with Crippen molar-refractivity contribution in [3.63, 3.8) is 0 Å². The summed E-state index contributed by atoms with van der Waals surface area (Å²) < 4.78 is 2.86. The van der Waals surface area contributed by atoms with Crippen LogP contribution in [0.3, 0.4) is 0 Å². The summed E-state index contributed by atoms with van der Waals surface area (Å²) >= 11 is 0. The van der Waals surface area contributed by atoms with Crippen LogP contribution in [0.5, 0.6) is 0 Å². The van der Waals surface area contributed by atoms with Crippen molar-refractivity contribution in [1.82, 2.24) is 4.48 Å². The maximum absolute atomic E-state index is 2.86. The van der Waals surface area contributed by atoms with Crippen molar-refractivity contribution in [2.45, 2.75) is 109 Å². The molecule has 0 aromatic heterocycles. The van der Waals surface area contributed by atoms with Crippen molar-refractivity contribution in [3.05, 3.63) is 0 Å². The lowest BCUT2D eigenvalue weighted by atomic mass is 9.55. The van der Waals surface area contributed by atoms with E-state index in [1.54, 1.807) is 0 Å². The van der Waals surface area contributed by atoms with Gasteiger partial charge < -0.3 is 4.48 Å². The van der Waals surface area contributed by atoms with E-state index in [0.717, 1.165) is 6.85 Å². The largest absolute Gasteiger partial charge is 0.372 e. The molecule has 0 aliphatic rings. The topological polar surface area (TPSA) is 3.24 Å². The van der Waals surface area contributed by atoms with E-state index in [-0.39, 0.29) is 0 Å². The van der Waals surface area contributed by atoms with Gasteiger partial charge in [-0.05, 0) is 13.0 Å². The van der Waals surface area contributed by atoms with Crippen LogP contribution in [0.2, 0.25) is 89.7 Å². The van der Waals surface area contributed by atoms with E-state index in [1.807, 2.05) is 0 Å². The highest BCUT2D eigenvalue weighted by molar-refractivity contribution is 6.77. The molecule has 0 rings (SSSR count). The molecule has 0 fully saturated rings. The van der Waals surface area contributed by atoms with E-state index >= 15 is 0 Å². The molecule has 0 heterocycles. The molecule has 24 heavy (non-hydrogen) atoms. The quantitative estimate of drug-likeness (QED) is 0.355. The van der Waals surface area contributed by atoms with Crippen molar-refractivity contribution < 1.29 is 0 Å². The normalized spacial score (nSPS) is 13.8. The monoisotopic (exact) mass is 401 g/mol. The first-order valence-corrected chi connectivity index (χ1v) is 22.4. The average molecular weight is 402 g/mol. The van der Waals surface area contributed by atoms with Crippen LogP contribution in [0.4, 0.5) is 0 Å². The van der Waals surface area contributed by atoms with Crippen LogP contribution < -0.4 is 0 Å². The lowest BCUT2D eigenvalue weighted by Crippen LogP contribution is -2.39. The van der Waals surface area contributed by atoms with Crippen LogP contribution in [0.25, 0.3) is 0 Å². The lowest BCUT2D eigenvalue weighted by molar-refractivity contribution is 0.631. The van der Waals surface area contributed by atoms with Gasteiger partial charge in [-0.15, -0.1) is 0 Å². The molecule has 0 aliphatic carbocycles. The fraction of sp³-hybridized carbons (Fsp3) is 1.00. The Hall–Kier alpha value is 0.892. The molecule has 0 aliphatic heterocycles. The van der Waals surface area contributed by atoms with Gasteiger partial charge >= 0.3 is 0 Å². The minimum atomic E-state index is -0.865. The van der Waals surface area contributed by atoms with E-state index in [1.165, 1.54) is 67.0 Å². The van der Waals surface area contributed by atoms with E-state index < -0.39 is 24.2 Å². The summed E-state index contributed by atoms with van der Waals surface area (Å²) in [7, 11) is -1.33. The standard InChI is InChI=1S/C18H48BNSi4/c1-22(2,3)16-10-13-19(14-11-17-23(4,5)6)20(21)15-12-18-24(7,8)9/h10-18H2,1-9,21H3. The predicted molar refractivity (Wildman–Crippen MR) is 130 cm³/mol. The van der Waals surface area contributed by atoms with Crippen molar-refractivity contribution in [1.29, 1.82) is 0 Å². The van der Waals surface area contributed by atoms with Gasteiger partial charge in [0.05, 0.1) is 10.4 Å². The van der Waals surface area contributed by atoms with Crippen molar-refractivity contribution >= 4 is 41.5 Å². The summed E-state index contributed by atoms with van der Waals surface area (Å²) in [5.74, 6) is 0. The third kappa shape index (κ3) is 16.4. The van der Waals surface area contributed by atoms with Gasteiger partial charge in [0, 0.05) is 24.2 Å². The summed E-state index contributed by atoms with van der Waals surface area (Å²) in [6.45, 7) is 25.0. The highest BCUT2D eigenvalue weighted by Crippen LogP contribution is 2.21. The molecule has 0 spiro atoms. The SMILES string of the molecule is C[Si](C)(C)CCCB(CCC[Si](C)(C)C)N([SiH3])CCC[Si](C)(C)C. The number of rotatable bonds is 13. The van der Waals surface area contributed by atoms with E-state index in [9.17, 15) is 0 Å². The molecule has 0 saturated heterocycles. The Labute approximate surface area is 161 Å². The maximum atomic E-state index is 2.86. The van der Waals surface area contributed by atoms with E-state index in [4.69, 9.17) is 0 Å². The second kappa shape index (κ2) is 10.9. The van der Waals surface area contributed by atoms with Crippen LogP contribution in [0.15, 0.2) is 0 Å². The number of hydrogen-bond acceptors (Lipinski definition) is 1. The summed E-state index contributed by atoms with van der Waals surface area (Å²) in [6, 6.07) is 4.53. The minimum Gasteiger partial charge on any atom is -0.372 e. The molecule has 0 radical (unpaired) electrons. The Morgan fingerprint density at radius 1 is 0.625 bits per heavy atom. The second-order valence-corrected chi connectivity index (χ2v) is 29.7. The summed E-state index contributed by atoms with van der Waals surface area (Å²) in [6.07, 6.45) is 7.32. The average Bonchev–Trinajstić information content (AvgIpc) is 2.32. The van der Waals surface area contributed by atoms with Gasteiger partial charge in [-0.1, -0.05) is 103 Å². The Kier molecular flexibility index (Phi) is 11.3. The zero-order chi connectivity index (χ0) is 19.0. The summed E-state index contributed by atoms with van der Waals surface area (Å²) in [5.41, 5.74) is 0. The fourth-order valence-electron chi connectivity index (χ4n) is 3.36. The van der Waals surface area contributed by atoms with Crippen LogP contribution in [0.1, 0.15) is 19.3 Å². The van der Waals surface area contributed by atoms with Gasteiger partial charge in [-0.3, -0.25) is 0 Å². The molecule has 1 nitrogen and oxygen atoms in total.